The molecule has 0 bridgehead atoms. The van der Waals surface area contributed by atoms with Gasteiger partial charge in [-0.15, -0.1) is 0 Å². The number of hydrogen-bond donors (Lipinski definition) is 0. The van der Waals surface area contributed by atoms with E-state index >= 15 is 0 Å². The molecule has 0 aromatic carbocycles. The van der Waals surface area contributed by atoms with E-state index in [1.807, 2.05) is 25.6 Å². The summed E-state index contributed by atoms with van der Waals surface area (Å²) in [5.41, 5.74) is 0. The second-order valence-electron chi connectivity index (χ2n) is 1.64. The van der Waals surface area contributed by atoms with E-state index in [4.69, 9.17) is 0 Å². The Balaban J connectivity index is 0.000000162. The fourth-order valence-corrected chi connectivity index (χ4v) is 1.06. The number of thioether (sulfide) groups is 1. The zero-order chi connectivity index (χ0) is 5.70. The topological polar surface area (TPSA) is 0 Å². The fourth-order valence-electron chi connectivity index (χ4n) is 0.354. The molecular weight excluding hydrogens is 104 g/mol. The number of rotatable bonds is 0. The molecule has 7 heavy (non-hydrogen) atoms. The van der Waals surface area contributed by atoms with E-state index in [-0.39, 0.29) is 0 Å². The Hall–Kier alpha value is 0.350. The van der Waals surface area contributed by atoms with Crippen molar-refractivity contribution in [1.29, 1.82) is 0 Å². The lowest BCUT2D eigenvalue weighted by atomic mass is 10.2. The van der Waals surface area contributed by atoms with Gasteiger partial charge in [0.05, 0.1) is 0 Å². The molecule has 1 aliphatic rings. The zero-order valence-electron chi connectivity index (χ0n) is 5.40. The molecule has 0 saturated carbocycles. The molecule has 0 N–H and O–H groups in total. The monoisotopic (exact) mass is 118 g/mol. The van der Waals surface area contributed by atoms with Crippen molar-refractivity contribution in [3.05, 3.63) is 0 Å². The molecule has 1 saturated heterocycles. The van der Waals surface area contributed by atoms with Gasteiger partial charge in [0.15, 0.2) is 0 Å². The highest BCUT2D eigenvalue weighted by Gasteiger charge is 2.09. The van der Waals surface area contributed by atoms with E-state index in [1.165, 1.54) is 11.5 Å². The maximum atomic E-state index is 2.29. The molecule has 1 rings (SSSR count). The van der Waals surface area contributed by atoms with E-state index in [1.54, 1.807) is 0 Å². The SMILES string of the molecule is CC.CC1CSC1. The fraction of sp³-hybridized carbons (Fsp3) is 1.00. The molecule has 0 nitrogen and oxygen atoms in total. The summed E-state index contributed by atoms with van der Waals surface area (Å²) in [7, 11) is 0. The Kier molecular flexibility index (Phi) is 4.73. The summed E-state index contributed by atoms with van der Waals surface area (Å²) in [5.74, 6) is 3.83. The van der Waals surface area contributed by atoms with Gasteiger partial charge < -0.3 is 0 Å². The van der Waals surface area contributed by atoms with Crippen LogP contribution in [-0.4, -0.2) is 11.5 Å². The quantitative estimate of drug-likeness (QED) is 0.470. The maximum Gasteiger partial charge on any atom is -0.00338 e. The van der Waals surface area contributed by atoms with Gasteiger partial charge in [0.1, 0.15) is 0 Å². The van der Waals surface area contributed by atoms with Crippen LogP contribution in [0, 0.1) is 5.92 Å². The van der Waals surface area contributed by atoms with Crippen LogP contribution in [-0.2, 0) is 0 Å². The van der Waals surface area contributed by atoms with E-state index in [0.717, 1.165) is 5.92 Å². The first-order valence-electron chi connectivity index (χ1n) is 2.97. The summed E-state index contributed by atoms with van der Waals surface area (Å²) >= 11 is 2.05. The first-order valence-corrected chi connectivity index (χ1v) is 4.13. The lowest BCUT2D eigenvalue weighted by Gasteiger charge is -2.18. The van der Waals surface area contributed by atoms with E-state index in [0.29, 0.717) is 0 Å². The van der Waals surface area contributed by atoms with Gasteiger partial charge in [-0.1, -0.05) is 20.8 Å². The summed E-state index contributed by atoms with van der Waals surface area (Å²) in [6.07, 6.45) is 0. The Morgan fingerprint density at radius 2 is 1.57 bits per heavy atom. The Morgan fingerprint density at radius 3 is 1.57 bits per heavy atom. The van der Waals surface area contributed by atoms with Gasteiger partial charge in [-0.25, -0.2) is 0 Å². The molecule has 1 fully saturated rings. The normalized spacial score (nSPS) is 19.3. The first-order chi connectivity index (χ1) is 3.39. The molecule has 0 aromatic rings. The highest BCUT2D eigenvalue weighted by atomic mass is 32.2. The molecule has 1 aliphatic heterocycles. The molecule has 0 aliphatic carbocycles. The van der Waals surface area contributed by atoms with Crippen molar-refractivity contribution < 1.29 is 0 Å². The van der Waals surface area contributed by atoms with Crippen molar-refractivity contribution >= 4 is 11.8 Å². The Bertz CT molecular complexity index is 31.2. The summed E-state index contributed by atoms with van der Waals surface area (Å²) in [6, 6.07) is 0. The minimum absolute atomic E-state index is 1.03. The lowest BCUT2D eigenvalue weighted by molar-refractivity contribution is 0.723. The summed E-state index contributed by atoms with van der Waals surface area (Å²) in [5, 5.41) is 0. The smallest absolute Gasteiger partial charge is 0.00338 e. The van der Waals surface area contributed by atoms with Crippen LogP contribution >= 0.6 is 11.8 Å². The van der Waals surface area contributed by atoms with Crippen LogP contribution in [0.2, 0.25) is 0 Å². The van der Waals surface area contributed by atoms with Crippen molar-refractivity contribution in [1.82, 2.24) is 0 Å². The molecule has 0 spiro atoms. The van der Waals surface area contributed by atoms with Crippen molar-refractivity contribution in [2.75, 3.05) is 11.5 Å². The molecular formula is C6H14S. The van der Waals surface area contributed by atoms with E-state index in [9.17, 15) is 0 Å². The maximum absolute atomic E-state index is 2.29. The molecule has 0 radical (unpaired) electrons. The second-order valence-corrected chi connectivity index (χ2v) is 2.72. The van der Waals surface area contributed by atoms with Crippen LogP contribution in [0.4, 0.5) is 0 Å². The van der Waals surface area contributed by atoms with E-state index in [2.05, 4.69) is 6.92 Å². The van der Waals surface area contributed by atoms with Crippen LogP contribution < -0.4 is 0 Å². The van der Waals surface area contributed by atoms with Gasteiger partial charge in [-0.2, -0.15) is 11.8 Å². The first kappa shape index (κ1) is 7.35. The zero-order valence-corrected chi connectivity index (χ0v) is 6.22. The van der Waals surface area contributed by atoms with Crippen LogP contribution in [0.15, 0.2) is 0 Å². The minimum atomic E-state index is 1.03. The van der Waals surface area contributed by atoms with Gasteiger partial charge in [-0.05, 0) is 17.4 Å². The van der Waals surface area contributed by atoms with Gasteiger partial charge >= 0.3 is 0 Å². The van der Waals surface area contributed by atoms with Crippen LogP contribution in [0.3, 0.4) is 0 Å². The average molecular weight is 118 g/mol. The molecule has 0 atom stereocenters. The van der Waals surface area contributed by atoms with Gasteiger partial charge in [-0.3, -0.25) is 0 Å². The van der Waals surface area contributed by atoms with Gasteiger partial charge in [0.25, 0.3) is 0 Å². The van der Waals surface area contributed by atoms with Crippen LogP contribution in [0.25, 0.3) is 0 Å². The third-order valence-electron chi connectivity index (χ3n) is 0.805. The summed E-state index contributed by atoms with van der Waals surface area (Å²) in [4.78, 5) is 0. The van der Waals surface area contributed by atoms with Crippen molar-refractivity contribution in [3.63, 3.8) is 0 Å². The summed E-state index contributed by atoms with van der Waals surface area (Å²) < 4.78 is 0. The number of hydrogen-bond acceptors (Lipinski definition) is 1. The highest BCUT2D eigenvalue weighted by Crippen LogP contribution is 2.22. The molecule has 44 valence electrons. The lowest BCUT2D eigenvalue weighted by Crippen LogP contribution is -2.12. The Morgan fingerprint density at radius 1 is 1.29 bits per heavy atom. The van der Waals surface area contributed by atoms with Crippen LogP contribution in [0.5, 0.6) is 0 Å². The summed E-state index contributed by atoms with van der Waals surface area (Å²) in [6.45, 7) is 6.29. The van der Waals surface area contributed by atoms with Crippen molar-refractivity contribution in [3.8, 4) is 0 Å². The molecule has 1 heterocycles. The second kappa shape index (κ2) is 4.51. The largest absolute Gasteiger partial charge is 0.161 e. The third kappa shape index (κ3) is 2.98. The molecule has 1 heteroatoms. The minimum Gasteiger partial charge on any atom is -0.161 e. The highest BCUT2D eigenvalue weighted by molar-refractivity contribution is 8.00. The third-order valence-corrected chi connectivity index (χ3v) is 2.41. The predicted molar refractivity (Wildman–Crippen MR) is 37.8 cm³/mol. The van der Waals surface area contributed by atoms with Crippen molar-refractivity contribution in [2.45, 2.75) is 20.8 Å². The van der Waals surface area contributed by atoms with Gasteiger partial charge in [0.2, 0.25) is 0 Å². The Labute approximate surface area is 50.7 Å². The standard InChI is InChI=1S/C4H8S.C2H6/c1-4-2-5-3-4;1-2/h4H,2-3H2,1H3;1-2H3. The average Bonchev–Trinajstić information content (AvgIpc) is 1.68. The predicted octanol–water partition coefficient (Wildman–Crippen LogP) is 2.40. The van der Waals surface area contributed by atoms with Crippen molar-refractivity contribution in [2.24, 2.45) is 5.92 Å². The molecule has 0 unspecified atom stereocenters. The molecule has 0 aromatic heterocycles. The van der Waals surface area contributed by atoms with Crippen LogP contribution in [0.1, 0.15) is 20.8 Å². The molecule has 0 amide bonds. The van der Waals surface area contributed by atoms with E-state index < -0.39 is 0 Å². The van der Waals surface area contributed by atoms with Gasteiger partial charge in [0, 0.05) is 0 Å².